The number of carbonyl (C=O) groups excluding carboxylic acids is 1. The van der Waals surface area contributed by atoms with E-state index in [1.165, 1.54) is 17.6 Å². The molecule has 4 nitrogen and oxygen atoms in total. The fraction of sp³-hybridized carbons (Fsp3) is 0. The Morgan fingerprint density at radius 2 is 2.15 bits per heavy atom. The van der Waals surface area contributed by atoms with Crippen LogP contribution in [-0.4, -0.2) is 11.1 Å². The Hall–Kier alpha value is -1.81. The Balaban J connectivity index is 2.80. The van der Waals surface area contributed by atoms with E-state index in [0.717, 1.165) is 5.56 Å². The summed E-state index contributed by atoms with van der Waals surface area (Å²) in [6.07, 6.45) is 2.73. The van der Waals surface area contributed by atoms with Crippen molar-refractivity contribution in [2.45, 2.75) is 0 Å². The summed E-state index contributed by atoms with van der Waals surface area (Å²) in [5.74, 6) is -0.580. The maximum absolute atomic E-state index is 10.6. The summed E-state index contributed by atoms with van der Waals surface area (Å²) in [5.41, 5.74) is 8.42. The van der Waals surface area contributed by atoms with Crippen LogP contribution in [0.5, 0.6) is 0 Å². The molecule has 0 fully saturated rings. The number of hydrogen-bond acceptors (Lipinski definition) is 3. The first-order valence-electron chi connectivity index (χ1n) is 3.70. The van der Waals surface area contributed by atoms with Crippen molar-refractivity contribution in [3.63, 3.8) is 0 Å². The third-order valence-electron chi connectivity index (χ3n) is 1.52. The number of hydrogen-bond donors (Lipinski definition) is 3. The van der Waals surface area contributed by atoms with Gasteiger partial charge >= 0.3 is 0 Å². The number of hydroxylamine groups is 1. The van der Waals surface area contributed by atoms with E-state index < -0.39 is 5.91 Å². The van der Waals surface area contributed by atoms with E-state index in [2.05, 4.69) is 0 Å². The van der Waals surface area contributed by atoms with Crippen molar-refractivity contribution in [1.29, 1.82) is 0 Å². The summed E-state index contributed by atoms with van der Waals surface area (Å²) >= 11 is 0. The van der Waals surface area contributed by atoms with Crippen LogP contribution in [0.25, 0.3) is 6.08 Å². The van der Waals surface area contributed by atoms with Gasteiger partial charge in [0.1, 0.15) is 0 Å². The predicted octanol–water partition coefficient (Wildman–Crippen LogP) is 0.787. The van der Waals surface area contributed by atoms with Gasteiger partial charge in [0.25, 0.3) is 5.91 Å². The minimum absolute atomic E-state index is 0.580. The minimum atomic E-state index is -0.580. The van der Waals surface area contributed by atoms with Crippen LogP contribution in [0.4, 0.5) is 5.69 Å². The van der Waals surface area contributed by atoms with Gasteiger partial charge in [-0.15, -0.1) is 0 Å². The second-order valence-corrected chi connectivity index (χ2v) is 2.44. The van der Waals surface area contributed by atoms with Gasteiger partial charge in [0, 0.05) is 11.8 Å². The average molecular weight is 178 g/mol. The second kappa shape index (κ2) is 4.27. The number of amides is 1. The molecule has 0 bridgehead atoms. The summed E-state index contributed by atoms with van der Waals surface area (Å²) in [4.78, 5) is 10.6. The topological polar surface area (TPSA) is 75.4 Å². The maximum atomic E-state index is 10.6. The lowest BCUT2D eigenvalue weighted by Crippen LogP contribution is -2.14. The standard InChI is InChI=1S/C9H10N2O2/c10-8-4-2-1-3-7(8)5-6-9(12)11-13/h1-6,13H,10H2,(H,11,12). The largest absolute Gasteiger partial charge is 0.398 e. The lowest BCUT2D eigenvalue weighted by molar-refractivity contribution is -0.124. The molecule has 0 atom stereocenters. The number of rotatable bonds is 2. The Morgan fingerprint density at radius 3 is 2.77 bits per heavy atom. The molecular formula is C9H10N2O2. The van der Waals surface area contributed by atoms with Crippen LogP contribution >= 0.6 is 0 Å². The molecule has 0 radical (unpaired) electrons. The molecule has 0 spiro atoms. The van der Waals surface area contributed by atoms with Crippen LogP contribution in [0, 0.1) is 0 Å². The number of nitrogen functional groups attached to an aromatic ring is 1. The molecule has 1 aromatic rings. The lowest BCUT2D eigenvalue weighted by atomic mass is 10.1. The van der Waals surface area contributed by atoms with Gasteiger partial charge in [-0.05, 0) is 17.7 Å². The fourth-order valence-corrected chi connectivity index (χ4v) is 0.865. The monoisotopic (exact) mass is 178 g/mol. The molecule has 0 saturated carbocycles. The molecule has 0 saturated heterocycles. The first-order chi connectivity index (χ1) is 6.24. The Morgan fingerprint density at radius 1 is 1.46 bits per heavy atom. The Labute approximate surface area is 75.6 Å². The van der Waals surface area contributed by atoms with E-state index in [-0.39, 0.29) is 0 Å². The van der Waals surface area contributed by atoms with Gasteiger partial charge in [-0.1, -0.05) is 18.2 Å². The highest BCUT2D eigenvalue weighted by Gasteiger charge is 1.93. The van der Waals surface area contributed by atoms with Crippen LogP contribution in [-0.2, 0) is 4.79 Å². The molecular weight excluding hydrogens is 168 g/mol. The SMILES string of the molecule is Nc1ccccc1C=CC(=O)NO. The van der Waals surface area contributed by atoms with Crippen molar-refractivity contribution < 1.29 is 10.0 Å². The molecule has 1 rings (SSSR count). The van der Waals surface area contributed by atoms with Crippen molar-refractivity contribution in [2.24, 2.45) is 0 Å². The summed E-state index contributed by atoms with van der Waals surface area (Å²) in [5, 5.41) is 8.20. The van der Waals surface area contributed by atoms with Gasteiger partial charge in [0.2, 0.25) is 0 Å². The molecule has 1 aromatic carbocycles. The molecule has 4 N–H and O–H groups in total. The van der Waals surface area contributed by atoms with Crippen LogP contribution in [0.3, 0.4) is 0 Å². The van der Waals surface area contributed by atoms with Gasteiger partial charge in [-0.2, -0.15) is 0 Å². The van der Waals surface area contributed by atoms with Crippen LogP contribution in [0.1, 0.15) is 5.56 Å². The summed E-state index contributed by atoms with van der Waals surface area (Å²) in [6, 6.07) is 7.12. The average Bonchev–Trinajstić information content (AvgIpc) is 2.16. The summed E-state index contributed by atoms with van der Waals surface area (Å²) in [6.45, 7) is 0. The molecule has 0 heterocycles. The Bertz CT molecular complexity index is 334. The van der Waals surface area contributed by atoms with Gasteiger partial charge in [0.05, 0.1) is 0 Å². The maximum Gasteiger partial charge on any atom is 0.267 e. The highest BCUT2D eigenvalue weighted by atomic mass is 16.5. The van der Waals surface area contributed by atoms with Crippen molar-refractivity contribution in [2.75, 3.05) is 5.73 Å². The van der Waals surface area contributed by atoms with Gasteiger partial charge in [-0.3, -0.25) is 10.0 Å². The van der Waals surface area contributed by atoms with E-state index in [4.69, 9.17) is 10.9 Å². The van der Waals surface area contributed by atoms with Crippen molar-refractivity contribution >= 4 is 17.7 Å². The predicted molar refractivity (Wildman–Crippen MR) is 49.8 cm³/mol. The van der Waals surface area contributed by atoms with E-state index in [1.54, 1.807) is 18.2 Å². The van der Waals surface area contributed by atoms with Gasteiger partial charge < -0.3 is 5.73 Å². The fourth-order valence-electron chi connectivity index (χ4n) is 0.865. The molecule has 0 aliphatic heterocycles. The first-order valence-corrected chi connectivity index (χ1v) is 3.70. The zero-order valence-corrected chi connectivity index (χ0v) is 6.90. The normalized spacial score (nSPS) is 10.2. The van der Waals surface area contributed by atoms with Gasteiger partial charge in [0.15, 0.2) is 0 Å². The molecule has 13 heavy (non-hydrogen) atoms. The smallest absolute Gasteiger partial charge is 0.267 e. The zero-order chi connectivity index (χ0) is 9.68. The quantitative estimate of drug-likeness (QED) is 0.271. The lowest BCUT2D eigenvalue weighted by Gasteiger charge is -1.97. The van der Waals surface area contributed by atoms with E-state index in [1.807, 2.05) is 6.07 Å². The van der Waals surface area contributed by atoms with E-state index >= 15 is 0 Å². The second-order valence-electron chi connectivity index (χ2n) is 2.44. The van der Waals surface area contributed by atoms with Crippen LogP contribution in [0.2, 0.25) is 0 Å². The van der Waals surface area contributed by atoms with Crippen molar-refractivity contribution in [3.05, 3.63) is 35.9 Å². The first kappa shape index (κ1) is 9.28. The van der Waals surface area contributed by atoms with Crippen LogP contribution < -0.4 is 11.2 Å². The molecule has 0 aromatic heterocycles. The number of nitrogens with one attached hydrogen (secondary N) is 1. The molecule has 68 valence electrons. The number of benzene rings is 1. The highest BCUT2D eigenvalue weighted by molar-refractivity contribution is 5.91. The summed E-state index contributed by atoms with van der Waals surface area (Å²) < 4.78 is 0. The Kier molecular flexibility index (Phi) is 3.05. The van der Waals surface area contributed by atoms with E-state index in [9.17, 15) is 4.79 Å². The molecule has 4 heteroatoms. The minimum Gasteiger partial charge on any atom is -0.398 e. The summed E-state index contributed by atoms with van der Waals surface area (Å²) in [7, 11) is 0. The van der Waals surface area contributed by atoms with E-state index in [0.29, 0.717) is 5.69 Å². The third kappa shape index (κ3) is 2.61. The zero-order valence-electron chi connectivity index (χ0n) is 6.90. The molecule has 0 aliphatic carbocycles. The number of carbonyl (C=O) groups is 1. The highest BCUT2D eigenvalue weighted by Crippen LogP contribution is 2.11. The number of anilines is 1. The third-order valence-corrected chi connectivity index (χ3v) is 1.52. The van der Waals surface area contributed by atoms with Gasteiger partial charge in [-0.25, -0.2) is 5.48 Å². The van der Waals surface area contributed by atoms with Crippen LogP contribution in [0.15, 0.2) is 30.3 Å². The molecule has 0 aliphatic rings. The van der Waals surface area contributed by atoms with Crippen molar-refractivity contribution in [3.8, 4) is 0 Å². The molecule has 1 amide bonds. The molecule has 0 unspecified atom stereocenters. The van der Waals surface area contributed by atoms with Crippen molar-refractivity contribution in [1.82, 2.24) is 5.48 Å². The number of para-hydroxylation sites is 1. The number of nitrogens with two attached hydrogens (primary N) is 1.